The smallest absolute Gasteiger partial charge is 0.264 e. The summed E-state index contributed by atoms with van der Waals surface area (Å²) in [5.74, 6) is -0.682. The van der Waals surface area contributed by atoms with Crippen molar-refractivity contribution in [3.05, 3.63) is 95.1 Å². The minimum absolute atomic E-state index is 0.0984. The molecule has 3 aromatic rings. The minimum Gasteiger partial charge on any atom is -0.354 e. The van der Waals surface area contributed by atoms with E-state index in [1.54, 1.807) is 36.4 Å². The van der Waals surface area contributed by atoms with Crippen LogP contribution in [0.1, 0.15) is 55.4 Å². The van der Waals surface area contributed by atoms with Crippen LogP contribution in [0.2, 0.25) is 0 Å². The van der Waals surface area contributed by atoms with Gasteiger partial charge in [0, 0.05) is 13.1 Å². The Morgan fingerprint density at radius 1 is 0.850 bits per heavy atom. The molecule has 0 heterocycles. The fraction of sp³-hybridized carbons (Fsp3) is 0.375. The van der Waals surface area contributed by atoms with Gasteiger partial charge in [-0.1, -0.05) is 79.9 Å². The molecule has 1 N–H and O–H groups in total. The van der Waals surface area contributed by atoms with Crippen molar-refractivity contribution >= 4 is 27.5 Å². The molecule has 0 unspecified atom stereocenters. The van der Waals surface area contributed by atoms with Crippen LogP contribution in [-0.2, 0) is 26.2 Å². The van der Waals surface area contributed by atoms with Crippen molar-refractivity contribution in [1.82, 2.24) is 10.2 Å². The van der Waals surface area contributed by atoms with Crippen LogP contribution in [0.5, 0.6) is 0 Å². The highest BCUT2D eigenvalue weighted by atomic mass is 32.2. The van der Waals surface area contributed by atoms with Gasteiger partial charge in [-0.25, -0.2) is 8.42 Å². The normalized spacial score (nSPS) is 12.0. The van der Waals surface area contributed by atoms with E-state index in [0.717, 1.165) is 39.4 Å². The van der Waals surface area contributed by atoms with Gasteiger partial charge in [0.1, 0.15) is 12.6 Å². The van der Waals surface area contributed by atoms with E-state index >= 15 is 0 Å². The Hall–Kier alpha value is -3.65. The Kier molecular flexibility index (Phi) is 10.9. The van der Waals surface area contributed by atoms with Crippen molar-refractivity contribution in [3.63, 3.8) is 0 Å². The number of sulfonamides is 1. The predicted octanol–water partition coefficient (Wildman–Crippen LogP) is 5.53. The molecule has 2 amide bonds. The molecule has 214 valence electrons. The predicted molar refractivity (Wildman–Crippen MR) is 161 cm³/mol. The number of benzene rings is 3. The zero-order valence-electron chi connectivity index (χ0n) is 24.2. The Balaban J connectivity index is 2.04. The maximum Gasteiger partial charge on any atom is 0.264 e. The monoisotopic (exact) mass is 563 g/mol. The average Bonchev–Trinajstić information content (AvgIpc) is 2.93. The van der Waals surface area contributed by atoms with E-state index in [2.05, 4.69) is 5.32 Å². The number of carbonyl (C=O) groups is 2. The van der Waals surface area contributed by atoms with Crippen molar-refractivity contribution < 1.29 is 18.0 Å². The molecule has 1 atom stereocenters. The molecule has 0 radical (unpaired) electrons. The summed E-state index contributed by atoms with van der Waals surface area (Å²) in [4.78, 5) is 29.0. The summed E-state index contributed by atoms with van der Waals surface area (Å²) in [5, 5.41) is 2.96. The molecule has 0 saturated heterocycles. The maximum absolute atomic E-state index is 14.1. The summed E-state index contributed by atoms with van der Waals surface area (Å²) in [5.41, 5.74) is 4.18. The van der Waals surface area contributed by atoms with E-state index in [-0.39, 0.29) is 17.3 Å². The molecule has 3 rings (SSSR count). The zero-order valence-corrected chi connectivity index (χ0v) is 25.0. The number of carbonyl (C=O) groups excluding carboxylic acids is 2. The first-order valence-electron chi connectivity index (χ1n) is 13.9. The van der Waals surface area contributed by atoms with Crippen LogP contribution >= 0.6 is 0 Å². The van der Waals surface area contributed by atoms with Crippen molar-refractivity contribution in [3.8, 4) is 0 Å². The molecular formula is C32H41N3O4S. The quantitative estimate of drug-likeness (QED) is 0.277. The number of anilines is 1. The van der Waals surface area contributed by atoms with Gasteiger partial charge >= 0.3 is 0 Å². The second kappa shape index (κ2) is 14.1. The van der Waals surface area contributed by atoms with Crippen LogP contribution in [0.25, 0.3) is 0 Å². The van der Waals surface area contributed by atoms with Crippen LogP contribution in [0.15, 0.2) is 77.7 Å². The topological polar surface area (TPSA) is 86.8 Å². The van der Waals surface area contributed by atoms with Crippen LogP contribution in [-0.4, -0.2) is 44.3 Å². The molecule has 8 heteroatoms. The molecule has 0 bridgehead atoms. The SMILES string of the molecule is CCCCNC(=O)[C@H](CC)N(Cc1ccccc1C)C(=O)CN(c1ccc(C)cc1)S(=O)(=O)c1ccc(C)cc1. The molecule has 0 spiro atoms. The first-order chi connectivity index (χ1) is 19.1. The summed E-state index contributed by atoms with van der Waals surface area (Å²) in [6, 6.07) is 20.6. The third kappa shape index (κ3) is 7.72. The summed E-state index contributed by atoms with van der Waals surface area (Å²) in [7, 11) is -4.08. The van der Waals surface area contributed by atoms with Crippen molar-refractivity contribution in [2.75, 3.05) is 17.4 Å². The number of hydrogen-bond acceptors (Lipinski definition) is 4. The van der Waals surface area contributed by atoms with Crippen molar-refractivity contribution in [1.29, 1.82) is 0 Å². The molecular weight excluding hydrogens is 522 g/mol. The Labute approximate surface area is 239 Å². The highest BCUT2D eigenvalue weighted by Crippen LogP contribution is 2.26. The molecule has 0 saturated carbocycles. The molecule has 0 aliphatic carbocycles. The second-order valence-corrected chi connectivity index (χ2v) is 12.0. The van der Waals surface area contributed by atoms with E-state index in [4.69, 9.17) is 0 Å². The van der Waals surface area contributed by atoms with Gasteiger partial charge in [-0.05, 0) is 69.0 Å². The van der Waals surface area contributed by atoms with Gasteiger partial charge in [0.25, 0.3) is 10.0 Å². The standard InChI is InChI=1S/C32H41N3O4S/c1-6-8-21-33-32(37)30(7-2)34(22-27-12-10-9-11-26(27)5)31(36)23-35(28-17-13-24(3)14-18-28)40(38,39)29-19-15-25(4)16-20-29/h9-20,30H,6-8,21-23H2,1-5H3,(H,33,37)/t30-/m0/s1. The highest BCUT2D eigenvalue weighted by molar-refractivity contribution is 7.92. The fourth-order valence-electron chi connectivity index (χ4n) is 4.47. The Bertz CT molecular complexity index is 1390. The van der Waals surface area contributed by atoms with Crippen LogP contribution in [0.4, 0.5) is 5.69 Å². The van der Waals surface area contributed by atoms with Gasteiger partial charge in [0.2, 0.25) is 11.8 Å². The van der Waals surface area contributed by atoms with E-state index < -0.39 is 28.5 Å². The van der Waals surface area contributed by atoms with Gasteiger partial charge in [0.15, 0.2) is 0 Å². The van der Waals surface area contributed by atoms with E-state index in [1.807, 2.05) is 71.0 Å². The number of hydrogen-bond donors (Lipinski definition) is 1. The highest BCUT2D eigenvalue weighted by Gasteiger charge is 2.33. The van der Waals surface area contributed by atoms with E-state index in [9.17, 15) is 18.0 Å². The average molecular weight is 564 g/mol. The number of unbranched alkanes of at least 4 members (excludes halogenated alkanes) is 1. The number of nitrogens with one attached hydrogen (secondary N) is 1. The van der Waals surface area contributed by atoms with Gasteiger partial charge in [0.05, 0.1) is 10.6 Å². The second-order valence-electron chi connectivity index (χ2n) is 10.2. The van der Waals surface area contributed by atoms with E-state index in [1.165, 1.54) is 4.90 Å². The zero-order chi connectivity index (χ0) is 29.3. The lowest BCUT2D eigenvalue weighted by Gasteiger charge is -2.33. The van der Waals surface area contributed by atoms with Crippen LogP contribution in [0.3, 0.4) is 0 Å². The number of rotatable bonds is 13. The molecule has 0 aliphatic heterocycles. The molecule has 3 aromatic carbocycles. The van der Waals surface area contributed by atoms with Gasteiger partial charge in [-0.3, -0.25) is 13.9 Å². The summed E-state index contributed by atoms with van der Waals surface area (Å²) in [6.07, 6.45) is 2.17. The van der Waals surface area contributed by atoms with Crippen molar-refractivity contribution in [2.45, 2.75) is 71.4 Å². The van der Waals surface area contributed by atoms with Crippen LogP contribution < -0.4 is 9.62 Å². The molecule has 7 nitrogen and oxygen atoms in total. The maximum atomic E-state index is 14.1. The third-order valence-electron chi connectivity index (χ3n) is 7.03. The van der Waals surface area contributed by atoms with Gasteiger partial charge in [-0.15, -0.1) is 0 Å². The summed E-state index contributed by atoms with van der Waals surface area (Å²) >= 11 is 0. The molecule has 0 fully saturated rings. The fourth-order valence-corrected chi connectivity index (χ4v) is 5.89. The molecule has 0 aliphatic rings. The lowest BCUT2D eigenvalue weighted by atomic mass is 10.1. The van der Waals surface area contributed by atoms with Gasteiger partial charge in [-0.2, -0.15) is 0 Å². The molecule has 0 aromatic heterocycles. The van der Waals surface area contributed by atoms with Gasteiger partial charge < -0.3 is 10.2 Å². The number of aryl methyl sites for hydroxylation is 3. The largest absolute Gasteiger partial charge is 0.354 e. The third-order valence-corrected chi connectivity index (χ3v) is 8.82. The lowest BCUT2D eigenvalue weighted by Crippen LogP contribution is -2.52. The first-order valence-corrected chi connectivity index (χ1v) is 15.3. The van der Waals surface area contributed by atoms with Crippen molar-refractivity contribution in [2.24, 2.45) is 0 Å². The summed E-state index contributed by atoms with van der Waals surface area (Å²) in [6.45, 7) is 9.95. The minimum atomic E-state index is -4.08. The molecule has 40 heavy (non-hydrogen) atoms. The Morgan fingerprint density at radius 2 is 1.45 bits per heavy atom. The van der Waals surface area contributed by atoms with E-state index in [0.29, 0.717) is 18.7 Å². The lowest BCUT2D eigenvalue weighted by molar-refractivity contribution is -0.140. The Morgan fingerprint density at radius 3 is 2.02 bits per heavy atom. The first kappa shape index (κ1) is 30.9. The summed E-state index contributed by atoms with van der Waals surface area (Å²) < 4.78 is 29.0. The van der Waals surface area contributed by atoms with Crippen LogP contribution in [0, 0.1) is 20.8 Å². The number of amides is 2. The number of nitrogens with zero attached hydrogens (tertiary/aromatic N) is 2.